The van der Waals surface area contributed by atoms with Crippen LogP contribution in [-0.4, -0.2) is 31.4 Å². The highest BCUT2D eigenvalue weighted by atomic mass is 16.6. The van der Waals surface area contributed by atoms with Gasteiger partial charge in [-0.05, 0) is 37.6 Å². The lowest BCUT2D eigenvalue weighted by Crippen LogP contribution is -2.26. The van der Waals surface area contributed by atoms with Gasteiger partial charge in [-0.25, -0.2) is 4.79 Å². The SMILES string of the molecule is C=C(C)C(=O)OC(C)COC(C)COc1c2ccccc2cc2ccccc12. The van der Waals surface area contributed by atoms with Crippen LogP contribution in [0.1, 0.15) is 20.8 Å². The Morgan fingerprint density at radius 3 is 2.07 bits per heavy atom. The van der Waals surface area contributed by atoms with E-state index < -0.39 is 5.97 Å². The van der Waals surface area contributed by atoms with E-state index in [9.17, 15) is 4.79 Å². The number of ether oxygens (including phenoxy) is 3. The minimum Gasteiger partial charge on any atom is -0.490 e. The van der Waals surface area contributed by atoms with Crippen molar-refractivity contribution in [2.45, 2.75) is 33.0 Å². The summed E-state index contributed by atoms with van der Waals surface area (Å²) in [4.78, 5) is 11.6. The molecule has 146 valence electrons. The second kappa shape index (κ2) is 8.89. The molecule has 0 amide bonds. The molecule has 0 aliphatic heterocycles. The third-order valence-corrected chi connectivity index (χ3v) is 4.46. The predicted octanol–water partition coefficient (Wildman–Crippen LogP) is 5.28. The number of hydrogen-bond donors (Lipinski definition) is 0. The molecule has 3 aromatic carbocycles. The molecule has 0 fully saturated rings. The molecule has 28 heavy (non-hydrogen) atoms. The molecule has 2 unspecified atom stereocenters. The molecule has 0 spiro atoms. The molecule has 0 N–H and O–H groups in total. The number of benzene rings is 3. The summed E-state index contributed by atoms with van der Waals surface area (Å²) in [6, 6.07) is 18.6. The minimum absolute atomic E-state index is 0.149. The first-order valence-electron chi connectivity index (χ1n) is 9.47. The average molecular weight is 378 g/mol. The average Bonchev–Trinajstić information content (AvgIpc) is 2.69. The van der Waals surface area contributed by atoms with Crippen molar-refractivity contribution >= 4 is 27.5 Å². The molecular formula is C24H26O4. The van der Waals surface area contributed by atoms with Gasteiger partial charge in [-0.2, -0.15) is 0 Å². The third kappa shape index (κ3) is 4.70. The number of fused-ring (bicyclic) bond motifs is 2. The van der Waals surface area contributed by atoms with Gasteiger partial charge >= 0.3 is 5.97 Å². The number of carbonyl (C=O) groups excluding carboxylic acids is 1. The van der Waals surface area contributed by atoms with Crippen LogP contribution < -0.4 is 4.74 Å². The van der Waals surface area contributed by atoms with Crippen LogP contribution in [0.5, 0.6) is 5.75 Å². The van der Waals surface area contributed by atoms with E-state index in [4.69, 9.17) is 14.2 Å². The Balaban J connectivity index is 1.67. The Hall–Kier alpha value is -2.85. The molecule has 0 aliphatic rings. The van der Waals surface area contributed by atoms with Gasteiger partial charge in [0.05, 0.1) is 12.7 Å². The Labute approximate surface area is 165 Å². The van der Waals surface area contributed by atoms with Gasteiger partial charge in [0.15, 0.2) is 0 Å². The Kier molecular flexibility index (Phi) is 6.32. The number of esters is 1. The molecular weight excluding hydrogens is 352 g/mol. The summed E-state index contributed by atoms with van der Waals surface area (Å²) in [5, 5.41) is 4.45. The molecule has 3 aromatic rings. The first kappa shape index (κ1) is 19.9. The van der Waals surface area contributed by atoms with Crippen molar-refractivity contribution in [2.24, 2.45) is 0 Å². The van der Waals surface area contributed by atoms with Gasteiger partial charge in [-0.1, -0.05) is 55.1 Å². The maximum atomic E-state index is 11.6. The van der Waals surface area contributed by atoms with Crippen LogP contribution in [-0.2, 0) is 14.3 Å². The predicted molar refractivity (Wildman–Crippen MR) is 113 cm³/mol. The third-order valence-electron chi connectivity index (χ3n) is 4.46. The first-order valence-corrected chi connectivity index (χ1v) is 9.47. The highest BCUT2D eigenvalue weighted by molar-refractivity contribution is 6.05. The van der Waals surface area contributed by atoms with Gasteiger partial charge in [-0.3, -0.25) is 0 Å². The second-order valence-corrected chi connectivity index (χ2v) is 7.10. The van der Waals surface area contributed by atoms with Crippen LogP contribution in [0.15, 0.2) is 66.7 Å². The summed E-state index contributed by atoms with van der Waals surface area (Å²) in [5.74, 6) is 0.466. The van der Waals surface area contributed by atoms with Crippen molar-refractivity contribution in [3.8, 4) is 5.75 Å². The lowest BCUT2D eigenvalue weighted by atomic mass is 10.0. The smallest absolute Gasteiger partial charge is 0.333 e. The van der Waals surface area contributed by atoms with Gasteiger partial charge in [-0.15, -0.1) is 0 Å². The summed E-state index contributed by atoms with van der Waals surface area (Å²) >= 11 is 0. The molecule has 0 aliphatic carbocycles. The Morgan fingerprint density at radius 2 is 1.50 bits per heavy atom. The van der Waals surface area contributed by atoms with Crippen LogP contribution in [0, 0.1) is 0 Å². The molecule has 0 radical (unpaired) electrons. The quantitative estimate of drug-likeness (QED) is 0.304. The first-order chi connectivity index (χ1) is 13.5. The molecule has 0 bridgehead atoms. The molecule has 2 atom stereocenters. The van der Waals surface area contributed by atoms with Crippen LogP contribution in [0.3, 0.4) is 0 Å². The van der Waals surface area contributed by atoms with E-state index in [1.807, 2.05) is 31.2 Å². The van der Waals surface area contributed by atoms with Crippen molar-refractivity contribution in [1.29, 1.82) is 0 Å². The van der Waals surface area contributed by atoms with Crippen LogP contribution >= 0.6 is 0 Å². The zero-order valence-corrected chi connectivity index (χ0v) is 16.6. The minimum atomic E-state index is -0.401. The molecule has 0 heterocycles. The Morgan fingerprint density at radius 1 is 0.929 bits per heavy atom. The topological polar surface area (TPSA) is 44.8 Å². The van der Waals surface area contributed by atoms with E-state index in [1.165, 1.54) is 0 Å². The standard InChI is InChI=1S/C24H26O4/c1-16(2)24(25)28-18(4)15-26-17(3)14-27-23-21-11-7-5-9-19(21)13-20-10-6-8-12-22(20)23/h5-13,17-18H,1,14-15H2,2-4H3. The molecule has 4 nitrogen and oxygen atoms in total. The van der Waals surface area contributed by atoms with E-state index in [-0.39, 0.29) is 12.2 Å². The van der Waals surface area contributed by atoms with Crippen molar-refractivity contribution < 1.29 is 19.0 Å². The fraction of sp³-hybridized carbons (Fsp3) is 0.292. The van der Waals surface area contributed by atoms with Crippen LogP contribution in [0.4, 0.5) is 0 Å². The summed E-state index contributed by atoms with van der Waals surface area (Å²) < 4.78 is 17.2. The largest absolute Gasteiger partial charge is 0.490 e. The van der Waals surface area contributed by atoms with Crippen molar-refractivity contribution in [3.05, 3.63) is 66.7 Å². The van der Waals surface area contributed by atoms with Gasteiger partial charge < -0.3 is 14.2 Å². The van der Waals surface area contributed by atoms with E-state index in [2.05, 4.69) is 36.9 Å². The van der Waals surface area contributed by atoms with E-state index >= 15 is 0 Å². The fourth-order valence-corrected chi connectivity index (χ4v) is 2.99. The van der Waals surface area contributed by atoms with Gasteiger partial charge in [0.2, 0.25) is 0 Å². The number of hydrogen-bond acceptors (Lipinski definition) is 4. The van der Waals surface area contributed by atoms with Crippen molar-refractivity contribution in [1.82, 2.24) is 0 Å². The van der Waals surface area contributed by atoms with Crippen molar-refractivity contribution in [3.63, 3.8) is 0 Å². The molecule has 0 saturated heterocycles. The maximum absolute atomic E-state index is 11.6. The monoisotopic (exact) mass is 378 g/mol. The van der Waals surface area contributed by atoms with E-state index in [0.29, 0.717) is 18.8 Å². The second-order valence-electron chi connectivity index (χ2n) is 7.10. The normalized spacial score (nSPS) is 13.2. The maximum Gasteiger partial charge on any atom is 0.333 e. The zero-order chi connectivity index (χ0) is 20.1. The zero-order valence-electron chi connectivity index (χ0n) is 16.6. The summed E-state index contributed by atoms with van der Waals surface area (Å²) in [6.45, 7) is 9.66. The lowest BCUT2D eigenvalue weighted by molar-refractivity contribution is -0.147. The van der Waals surface area contributed by atoms with E-state index in [0.717, 1.165) is 27.3 Å². The highest BCUT2D eigenvalue weighted by Gasteiger charge is 2.14. The van der Waals surface area contributed by atoms with Crippen LogP contribution in [0.2, 0.25) is 0 Å². The summed E-state index contributed by atoms with van der Waals surface area (Å²) in [6.07, 6.45) is -0.492. The summed E-state index contributed by atoms with van der Waals surface area (Å²) in [5.41, 5.74) is 0.381. The molecule has 0 aromatic heterocycles. The molecule has 0 saturated carbocycles. The lowest BCUT2D eigenvalue weighted by Gasteiger charge is -2.19. The highest BCUT2D eigenvalue weighted by Crippen LogP contribution is 2.34. The summed E-state index contributed by atoms with van der Waals surface area (Å²) in [7, 11) is 0. The van der Waals surface area contributed by atoms with Crippen LogP contribution in [0.25, 0.3) is 21.5 Å². The fourth-order valence-electron chi connectivity index (χ4n) is 2.99. The van der Waals surface area contributed by atoms with Gasteiger partial charge in [0.25, 0.3) is 0 Å². The number of rotatable bonds is 8. The van der Waals surface area contributed by atoms with E-state index in [1.54, 1.807) is 13.8 Å². The van der Waals surface area contributed by atoms with Crippen molar-refractivity contribution in [2.75, 3.05) is 13.2 Å². The molecule has 3 rings (SSSR count). The Bertz CT molecular complexity index is 938. The molecule has 4 heteroatoms. The number of carbonyl (C=O) groups is 1. The van der Waals surface area contributed by atoms with Gasteiger partial charge in [0.1, 0.15) is 18.5 Å². The van der Waals surface area contributed by atoms with Gasteiger partial charge in [0, 0.05) is 16.3 Å².